The van der Waals surface area contributed by atoms with Gasteiger partial charge in [-0.05, 0) is 24.0 Å². The van der Waals surface area contributed by atoms with Gasteiger partial charge in [-0.1, -0.05) is 12.1 Å². The van der Waals surface area contributed by atoms with Crippen LogP contribution in [0.2, 0.25) is 0 Å². The molecule has 1 N–H and O–H groups in total. The maximum absolute atomic E-state index is 8.14. The Kier molecular flexibility index (Phi) is 3.42. The van der Waals surface area contributed by atoms with E-state index in [1.807, 2.05) is 30.5 Å². The van der Waals surface area contributed by atoms with Crippen LogP contribution in [0.15, 0.2) is 29.2 Å². The molecule has 1 rings (SSSR count). The Morgan fingerprint density at radius 1 is 1.36 bits per heavy atom. The Labute approximate surface area is 70.1 Å². The van der Waals surface area contributed by atoms with Crippen molar-refractivity contribution in [2.75, 3.05) is 6.26 Å². The Morgan fingerprint density at radius 3 is 2.45 bits per heavy atom. The summed E-state index contributed by atoms with van der Waals surface area (Å²) in [6.45, 7) is 0.259. The van der Waals surface area contributed by atoms with Crippen molar-refractivity contribution in [3.8, 4) is 0 Å². The van der Waals surface area contributed by atoms with Crippen molar-refractivity contribution in [2.24, 2.45) is 0 Å². The first-order valence-electron chi connectivity index (χ1n) is 3.26. The molecule has 0 spiro atoms. The highest BCUT2D eigenvalue weighted by molar-refractivity contribution is 7.98. The molecule has 0 aliphatic heterocycles. The molecule has 0 fully saturated rings. The second-order valence-corrected chi connectivity index (χ2v) is 3.00. The van der Waals surface area contributed by atoms with E-state index in [9.17, 15) is 0 Å². The van der Waals surface area contributed by atoms with Crippen LogP contribution < -0.4 is 0 Å². The smallest absolute Gasteiger partial charge is 0.107 e. The molecular formula is C8H10O2S. The molecule has 0 bridgehead atoms. The van der Waals surface area contributed by atoms with Gasteiger partial charge in [0.05, 0.1) is 0 Å². The summed E-state index contributed by atoms with van der Waals surface area (Å²) in [6, 6.07) is 7.86. The van der Waals surface area contributed by atoms with Crippen molar-refractivity contribution in [1.82, 2.24) is 0 Å². The standard InChI is InChI=1S/C8H10O2S/c1-11-8-4-2-7(3-5-8)6-10-9/h2-5,9H,6H2,1H3. The van der Waals surface area contributed by atoms with E-state index in [0.717, 1.165) is 5.56 Å². The molecule has 0 amide bonds. The van der Waals surface area contributed by atoms with Crippen molar-refractivity contribution in [1.29, 1.82) is 0 Å². The molecule has 0 saturated carbocycles. The molecule has 2 nitrogen and oxygen atoms in total. The molecular weight excluding hydrogens is 160 g/mol. The number of rotatable bonds is 3. The lowest BCUT2D eigenvalue weighted by molar-refractivity contribution is -0.253. The molecule has 3 heteroatoms. The number of thioether (sulfide) groups is 1. The highest BCUT2D eigenvalue weighted by atomic mass is 32.2. The average molecular weight is 170 g/mol. The minimum atomic E-state index is 0.259. The molecule has 0 saturated heterocycles. The first-order chi connectivity index (χ1) is 5.36. The minimum Gasteiger partial charge on any atom is -0.251 e. The van der Waals surface area contributed by atoms with Gasteiger partial charge in [-0.25, -0.2) is 4.89 Å². The zero-order valence-corrected chi connectivity index (χ0v) is 7.10. The second kappa shape index (κ2) is 4.38. The van der Waals surface area contributed by atoms with Crippen molar-refractivity contribution >= 4 is 11.8 Å². The van der Waals surface area contributed by atoms with Crippen LogP contribution >= 0.6 is 11.8 Å². The van der Waals surface area contributed by atoms with Crippen LogP contribution in [0.25, 0.3) is 0 Å². The summed E-state index contributed by atoms with van der Waals surface area (Å²) < 4.78 is 0. The summed E-state index contributed by atoms with van der Waals surface area (Å²) in [6.07, 6.45) is 2.03. The number of hydrogen-bond acceptors (Lipinski definition) is 3. The Balaban J connectivity index is 2.66. The molecule has 0 atom stereocenters. The fourth-order valence-electron chi connectivity index (χ4n) is 0.796. The first-order valence-corrected chi connectivity index (χ1v) is 4.48. The van der Waals surface area contributed by atoms with Gasteiger partial charge in [0, 0.05) is 4.90 Å². The van der Waals surface area contributed by atoms with Crippen molar-refractivity contribution < 1.29 is 10.1 Å². The van der Waals surface area contributed by atoms with Crippen molar-refractivity contribution in [3.63, 3.8) is 0 Å². The van der Waals surface area contributed by atoms with Crippen LogP contribution in [0, 0.1) is 0 Å². The van der Waals surface area contributed by atoms with Crippen LogP contribution in [0.3, 0.4) is 0 Å². The van der Waals surface area contributed by atoms with Gasteiger partial charge in [0.25, 0.3) is 0 Å². The van der Waals surface area contributed by atoms with Gasteiger partial charge in [0.2, 0.25) is 0 Å². The normalized spacial score (nSPS) is 10.0. The molecule has 0 unspecified atom stereocenters. The molecule has 60 valence electrons. The Morgan fingerprint density at radius 2 is 2.00 bits per heavy atom. The summed E-state index contributed by atoms with van der Waals surface area (Å²) in [5.74, 6) is 0. The fourth-order valence-corrected chi connectivity index (χ4v) is 1.20. The van der Waals surface area contributed by atoms with E-state index in [4.69, 9.17) is 5.26 Å². The lowest BCUT2D eigenvalue weighted by Gasteiger charge is -1.98. The van der Waals surface area contributed by atoms with E-state index in [1.54, 1.807) is 11.8 Å². The van der Waals surface area contributed by atoms with Crippen LogP contribution in [-0.2, 0) is 11.5 Å². The highest BCUT2D eigenvalue weighted by Crippen LogP contribution is 2.14. The van der Waals surface area contributed by atoms with Gasteiger partial charge in [0.15, 0.2) is 0 Å². The van der Waals surface area contributed by atoms with Gasteiger partial charge in [-0.15, -0.1) is 11.8 Å². The minimum absolute atomic E-state index is 0.259. The average Bonchev–Trinajstić information content (AvgIpc) is 2.07. The van der Waals surface area contributed by atoms with Crippen LogP contribution in [0.1, 0.15) is 5.56 Å². The maximum Gasteiger partial charge on any atom is 0.107 e. The van der Waals surface area contributed by atoms with Gasteiger partial charge >= 0.3 is 0 Å². The van der Waals surface area contributed by atoms with Crippen LogP contribution in [0.5, 0.6) is 0 Å². The van der Waals surface area contributed by atoms with Gasteiger partial charge in [-0.2, -0.15) is 0 Å². The van der Waals surface area contributed by atoms with E-state index in [1.165, 1.54) is 4.90 Å². The fraction of sp³-hybridized carbons (Fsp3) is 0.250. The lowest BCUT2D eigenvalue weighted by atomic mass is 10.2. The number of benzene rings is 1. The van der Waals surface area contributed by atoms with E-state index in [-0.39, 0.29) is 6.61 Å². The molecule has 0 heterocycles. The quantitative estimate of drug-likeness (QED) is 0.429. The Hall–Kier alpha value is -0.510. The summed E-state index contributed by atoms with van der Waals surface area (Å²) in [5, 5.41) is 8.14. The zero-order chi connectivity index (χ0) is 8.10. The van der Waals surface area contributed by atoms with E-state index in [2.05, 4.69) is 4.89 Å². The third-order valence-electron chi connectivity index (χ3n) is 1.39. The number of hydrogen-bond donors (Lipinski definition) is 1. The van der Waals surface area contributed by atoms with Crippen LogP contribution in [0.4, 0.5) is 0 Å². The molecule has 0 aliphatic carbocycles. The molecule has 1 aromatic rings. The van der Waals surface area contributed by atoms with E-state index in [0.29, 0.717) is 0 Å². The van der Waals surface area contributed by atoms with Crippen molar-refractivity contribution in [3.05, 3.63) is 29.8 Å². The third-order valence-corrected chi connectivity index (χ3v) is 2.13. The van der Waals surface area contributed by atoms with Crippen molar-refractivity contribution in [2.45, 2.75) is 11.5 Å². The maximum atomic E-state index is 8.14. The largest absolute Gasteiger partial charge is 0.251 e. The summed E-state index contributed by atoms with van der Waals surface area (Å²) in [5.41, 5.74) is 0.977. The van der Waals surface area contributed by atoms with E-state index >= 15 is 0 Å². The molecule has 0 aliphatic rings. The van der Waals surface area contributed by atoms with Gasteiger partial charge in [-0.3, -0.25) is 5.26 Å². The van der Waals surface area contributed by atoms with Crippen LogP contribution in [-0.4, -0.2) is 11.5 Å². The van der Waals surface area contributed by atoms with E-state index < -0.39 is 0 Å². The topological polar surface area (TPSA) is 29.5 Å². The summed E-state index contributed by atoms with van der Waals surface area (Å²) in [7, 11) is 0. The molecule has 1 aromatic carbocycles. The highest BCUT2D eigenvalue weighted by Gasteiger charge is 1.92. The third kappa shape index (κ3) is 2.54. The molecule has 11 heavy (non-hydrogen) atoms. The predicted molar refractivity (Wildman–Crippen MR) is 45.6 cm³/mol. The summed E-state index contributed by atoms with van der Waals surface area (Å²) in [4.78, 5) is 5.21. The zero-order valence-electron chi connectivity index (χ0n) is 6.28. The molecule has 0 aromatic heterocycles. The summed E-state index contributed by atoms with van der Waals surface area (Å²) >= 11 is 1.69. The lowest BCUT2D eigenvalue weighted by Crippen LogP contribution is -1.86. The Bertz CT molecular complexity index is 208. The first kappa shape index (κ1) is 8.59. The van der Waals surface area contributed by atoms with Gasteiger partial charge < -0.3 is 0 Å². The van der Waals surface area contributed by atoms with Gasteiger partial charge in [0.1, 0.15) is 6.61 Å². The SMILES string of the molecule is CSc1ccc(COO)cc1. The second-order valence-electron chi connectivity index (χ2n) is 2.12. The molecule has 0 radical (unpaired) electrons. The predicted octanol–water partition coefficient (Wildman–Crippen LogP) is 2.40. The monoisotopic (exact) mass is 170 g/mol.